The summed E-state index contributed by atoms with van der Waals surface area (Å²) in [7, 11) is 0. The van der Waals surface area contributed by atoms with Crippen LogP contribution in [0.1, 0.15) is 49.8 Å². The molecule has 0 aromatic carbocycles. The van der Waals surface area contributed by atoms with Crippen molar-refractivity contribution in [1.82, 2.24) is 4.57 Å². The fraction of sp³-hybridized carbons (Fsp3) is 0.625. The van der Waals surface area contributed by atoms with Gasteiger partial charge in [0.15, 0.2) is 0 Å². The van der Waals surface area contributed by atoms with Crippen molar-refractivity contribution >= 4 is 0 Å². The predicted octanol–water partition coefficient (Wildman–Crippen LogP) is 2.52. The lowest BCUT2D eigenvalue weighted by molar-refractivity contribution is -0.0423. The molecule has 1 saturated carbocycles. The van der Waals surface area contributed by atoms with E-state index in [0.29, 0.717) is 6.54 Å². The highest BCUT2D eigenvalue weighted by molar-refractivity contribution is 5.27. The van der Waals surface area contributed by atoms with Crippen molar-refractivity contribution < 1.29 is 4.74 Å². The van der Waals surface area contributed by atoms with E-state index in [2.05, 4.69) is 0 Å². The highest BCUT2D eigenvalue weighted by Crippen LogP contribution is 2.43. The molecule has 0 N–H and O–H groups in total. The molecular formula is C16H20N2O2. The van der Waals surface area contributed by atoms with Gasteiger partial charge in [0.2, 0.25) is 0 Å². The monoisotopic (exact) mass is 272 g/mol. The molecule has 20 heavy (non-hydrogen) atoms. The summed E-state index contributed by atoms with van der Waals surface area (Å²) < 4.78 is 7.95. The fourth-order valence-electron chi connectivity index (χ4n) is 3.60. The van der Waals surface area contributed by atoms with E-state index in [1.807, 2.05) is 19.1 Å². The third kappa shape index (κ3) is 2.27. The minimum absolute atomic E-state index is 0.0923. The molecule has 106 valence electrons. The molecule has 2 aliphatic rings. The molecule has 1 aromatic rings. The van der Waals surface area contributed by atoms with Gasteiger partial charge in [-0.25, -0.2) is 0 Å². The van der Waals surface area contributed by atoms with E-state index in [1.165, 1.54) is 12.8 Å². The Morgan fingerprint density at radius 2 is 2.15 bits per heavy atom. The van der Waals surface area contributed by atoms with Crippen LogP contribution in [0.15, 0.2) is 16.9 Å². The molecule has 1 saturated heterocycles. The molecule has 0 radical (unpaired) electrons. The van der Waals surface area contributed by atoms with E-state index < -0.39 is 0 Å². The lowest BCUT2D eigenvalue weighted by atomic mass is 9.98. The largest absolute Gasteiger partial charge is 0.370 e. The lowest BCUT2D eigenvalue weighted by Gasteiger charge is -2.24. The molecule has 0 amide bonds. The zero-order chi connectivity index (χ0) is 14.2. The summed E-state index contributed by atoms with van der Waals surface area (Å²) in [5.41, 5.74) is 1.01. The van der Waals surface area contributed by atoms with Gasteiger partial charge in [0, 0.05) is 5.69 Å². The van der Waals surface area contributed by atoms with Crippen LogP contribution in [0.25, 0.3) is 0 Å². The van der Waals surface area contributed by atoms with Crippen LogP contribution in [0.2, 0.25) is 0 Å². The number of nitriles is 1. The summed E-state index contributed by atoms with van der Waals surface area (Å²) in [6, 6.07) is 5.40. The Balaban J connectivity index is 1.79. The van der Waals surface area contributed by atoms with Crippen molar-refractivity contribution in [2.45, 2.75) is 63.7 Å². The van der Waals surface area contributed by atoms with E-state index in [-0.39, 0.29) is 22.8 Å². The molecule has 1 aromatic heterocycles. The van der Waals surface area contributed by atoms with E-state index in [1.54, 1.807) is 10.6 Å². The van der Waals surface area contributed by atoms with E-state index in [0.717, 1.165) is 31.4 Å². The number of nitrogens with zero attached hydrogens (tertiary/aromatic N) is 2. The molecule has 3 rings (SSSR count). The smallest absolute Gasteiger partial charge is 0.268 e. The molecule has 1 unspecified atom stereocenters. The number of aryl methyl sites for hydroxylation is 1. The van der Waals surface area contributed by atoms with Gasteiger partial charge in [-0.05, 0) is 44.7 Å². The summed E-state index contributed by atoms with van der Waals surface area (Å²) in [5, 5.41) is 8.97. The summed E-state index contributed by atoms with van der Waals surface area (Å²) in [4.78, 5) is 12.2. The van der Waals surface area contributed by atoms with Crippen LogP contribution in [0, 0.1) is 18.3 Å². The van der Waals surface area contributed by atoms with Crippen molar-refractivity contribution in [1.29, 1.82) is 5.26 Å². The van der Waals surface area contributed by atoms with Crippen LogP contribution in [-0.4, -0.2) is 16.3 Å². The van der Waals surface area contributed by atoms with Crippen LogP contribution >= 0.6 is 0 Å². The molecule has 1 aliphatic heterocycles. The van der Waals surface area contributed by atoms with Crippen LogP contribution in [0.5, 0.6) is 0 Å². The maximum atomic E-state index is 12.2. The summed E-state index contributed by atoms with van der Waals surface area (Å²) >= 11 is 0. The number of hydrogen-bond acceptors (Lipinski definition) is 3. The molecule has 2 fully saturated rings. The second kappa shape index (κ2) is 5.06. The third-order valence-electron chi connectivity index (χ3n) is 4.75. The lowest BCUT2D eigenvalue weighted by Crippen LogP contribution is -2.32. The van der Waals surface area contributed by atoms with Crippen LogP contribution in [0.4, 0.5) is 0 Å². The van der Waals surface area contributed by atoms with Gasteiger partial charge in [0.25, 0.3) is 5.56 Å². The van der Waals surface area contributed by atoms with Gasteiger partial charge in [-0.15, -0.1) is 0 Å². The van der Waals surface area contributed by atoms with Gasteiger partial charge in [0.1, 0.15) is 11.6 Å². The minimum atomic E-state index is -0.191. The average Bonchev–Trinajstić information content (AvgIpc) is 3.06. The Morgan fingerprint density at radius 3 is 2.85 bits per heavy atom. The Hall–Kier alpha value is -1.60. The Labute approximate surface area is 119 Å². The number of hydrogen-bond donors (Lipinski definition) is 0. The standard InChI is InChI=1S/C16H20N2O2/c1-12-4-5-13(10-17)15(19)18(12)11-14-6-9-16(20-14)7-2-3-8-16/h4-5,14H,2-3,6-9,11H2,1H3. The SMILES string of the molecule is Cc1ccc(C#N)c(=O)n1CC1CCC2(CCCC2)O1. The first-order valence-corrected chi connectivity index (χ1v) is 7.42. The molecule has 4 nitrogen and oxygen atoms in total. The fourth-order valence-corrected chi connectivity index (χ4v) is 3.60. The number of rotatable bonds is 2. The van der Waals surface area contributed by atoms with Crippen molar-refractivity contribution in [3.63, 3.8) is 0 Å². The van der Waals surface area contributed by atoms with Crippen molar-refractivity contribution in [3.05, 3.63) is 33.7 Å². The summed E-state index contributed by atoms with van der Waals surface area (Å²) in [6.07, 6.45) is 7.08. The van der Waals surface area contributed by atoms with Crippen LogP contribution in [0.3, 0.4) is 0 Å². The maximum absolute atomic E-state index is 12.2. The quantitative estimate of drug-likeness (QED) is 0.831. The van der Waals surface area contributed by atoms with E-state index in [4.69, 9.17) is 10.00 Å². The number of ether oxygens (including phenoxy) is 1. The average molecular weight is 272 g/mol. The number of aromatic nitrogens is 1. The van der Waals surface area contributed by atoms with Crippen molar-refractivity contribution in [2.75, 3.05) is 0 Å². The molecule has 1 atom stereocenters. The Kier molecular flexibility index (Phi) is 3.39. The molecule has 2 heterocycles. The first kappa shape index (κ1) is 13.4. The Morgan fingerprint density at radius 1 is 1.40 bits per heavy atom. The van der Waals surface area contributed by atoms with Gasteiger partial charge in [-0.1, -0.05) is 12.8 Å². The predicted molar refractivity (Wildman–Crippen MR) is 75.5 cm³/mol. The van der Waals surface area contributed by atoms with Gasteiger partial charge in [-0.3, -0.25) is 4.79 Å². The van der Waals surface area contributed by atoms with Gasteiger partial charge in [0.05, 0.1) is 18.2 Å². The minimum Gasteiger partial charge on any atom is -0.370 e. The topological polar surface area (TPSA) is 55.0 Å². The van der Waals surface area contributed by atoms with Crippen LogP contribution in [-0.2, 0) is 11.3 Å². The van der Waals surface area contributed by atoms with Gasteiger partial charge >= 0.3 is 0 Å². The van der Waals surface area contributed by atoms with Gasteiger partial charge in [-0.2, -0.15) is 5.26 Å². The molecular weight excluding hydrogens is 252 g/mol. The number of pyridine rings is 1. The zero-order valence-electron chi connectivity index (χ0n) is 11.9. The Bertz CT molecular complexity index is 606. The normalized spacial score (nSPS) is 24.1. The van der Waals surface area contributed by atoms with E-state index >= 15 is 0 Å². The highest BCUT2D eigenvalue weighted by atomic mass is 16.5. The highest BCUT2D eigenvalue weighted by Gasteiger charge is 2.42. The first-order valence-electron chi connectivity index (χ1n) is 7.42. The molecule has 1 aliphatic carbocycles. The van der Waals surface area contributed by atoms with Crippen molar-refractivity contribution in [3.8, 4) is 6.07 Å². The first-order chi connectivity index (χ1) is 9.63. The molecule has 1 spiro atoms. The van der Waals surface area contributed by atoms with E-state index in [9.17, 15) is 4.79 Å². The maximum Gasteiger partial charge on any atom is 0.268 e. The molecule has 0 bridgehead atoms. The second-order valence-corrected chi connectivity index (χ2v) is 6.08. The molecule has 4 heteroatoms. The summed E-state index contributed by atoms with van der Waals surface area (Å²) in [6.45, 7) is 2.48. The zero-order valence-corrected chi connectivity index (χ0v) is 11.9. The third-order valence-corrected chi connectivity index (χ3v) is 4.75. The van der Waals surface area contributed by atoms with Crippen molar-refractivity contribution in [2.24, 2.45) is 0 Å². The van der Waals surface area contributed by atoms with Gasteiger partial charge < -0.3 is 9.30 Å². The second-order valence-electron chi connectivity index (χ2n) is 6.08. The summed E-state index contributed by atoms with van der Waals surface area (Å²) in [5.74, 6) is 0. The van der Waals surface area contributed by atoms with Crippen LogP contribution < -0.4 is 5.56 Å².